The van der Waals surface area contributed by atoms with E-state index in [9.17, 15) is 26.4 Å². The van der Waals surface area contributed by atoms with Gasteiger partial charge < -0.3 is 4.74 Å². The number of sulfone groups is 1. The Bertz CT molecular complexity index is 1310. The van der Waals surface area contributed by atoms with Gasteiger partial charge in [0.15, 0.2) is 16.4 Å². The highest BCUT2D eigenvalue weighted by molar-refractivity contribution is 7.91. The standard InChI is InChI=1S/C23H21F3N4O4S/c24-23(25,26)14-34-22-12-27-11-20(30-22)16-3-1-15(2-4-16)9-18(31)10-17-7-8-28-21(29-17)13-35(32,33)19-5-6-19/h1-4,7-8,11-12,19H,5-6,9-10,13-14H2. The summed E-state index contributed by atoms with van der Waals surface area (Å²) in [6, 6.07) is 8.38. The van der Waals surface area contributed by atoms with Crippen LogP contribution in [0.1, 0.15) is 29.9 Å². The van der Waals surface area contributed by atoms with Gasteiger partial charge in [-0.3, -0.25) is 9.78 Å². The number of carbonyl (C=O) groups is 1. The van der Waals surface area contributed by atoms with E-state index in [1.807, 2.05) is 0 Å². The lowest BCUT2D eigenvalue weighted by atomic mass is 10.0. The summed E-state index contributed by atoms with van der Waals surface area (Å²) in [7, 11) is -3.25. The molecule has 12 heteroatoms. The highest BCUT2D eigenvalue weighted by atomic mass is 32.2. The number of ketones is 1. The minimum atomic E-state index is -4.48. The van der Waals surface area contributed by atoms with Crippen LogP contribution in [0.2, 0.25) is 0 Å². The van der Waals surface area contributed by atoms with Crippen molar-refractivity contribution in [3.63, 3.8) is 0 Å². The largest absolute Gasteiger partial charge is 0.467 e. The average Bonchev–Trinajstić information content (AvgIpc) is 3.64. The molecular formula is C23H21F3N4O4S. The van der Waals surface area contributed by atoms with Crippen molar-refractivity contribution in [3.05, 3.63) is 66.0 Å². The summed E-state index contributed by atoms with van der Waals surface area (Å²) in [6.07, 6.45) is 0.972. The third-order valence-corrected chi connectivity index (χ3v) is 7.30. The number of rotatable bonds is 10. The van der Waals surface area contributed by atoms with Gasteiger partial charge in [0.25, 0.3) is 0 Å². The third kappa shape index (κ3) is 7.28. The molecule has 2 heterocycles. The zero-order valence-corrected chi connectivity index (χ0v) is 19.2. The van der Waals surface area contributed by atoms with E-state index in [0.29, 0.717) is 29.8 Å². The van der Waals surface area contributed by atoms with E-state index in [0.717, 1.165) is 11.8 Å². The number of hydrogen-bond donors (Lipinski definition) is 0. The molecule has 1 fully saturated rings. The van der Waals surface area contributed by atoms with Crippen LogP contribution in [0.3, 0.4) is 0 Å². The fourth-order valence-corrected chi connectivity index (χ4v) is 4.92. The van der Waals surface area contributed by atoms with E-state index >= 15 is 0 Å². The van der Waals surface area contributed by atoms with Gasteiger partial charge in [-0.2, -0.15) is 13.2 Å². The van der Waals surface area contributed by atoms with Crippen molar-refractivity contribution in [2.24, 2.45) is 0 Å². The lowest BCUT2D eigenvalue weighted by molar-refractivity contribution is -0.154. The summed E-state index contributed by atoms with van der Waals surface area (Å²) in [4.78, 5) is 28.7. The van der Waals surface area contributed by atoms with Crippen LogP contribution in [0.15, 0.2) is 48.9 Å². The van der Waals surface area contributed by atoms with Gasteiger partial charge in [0.05, 0.1) is 29.0 Å². The Labute approximate surface area is 199 Å². The molecule has 0 unspecified atom stereocenters. The smallest absolute Gasteiger partial charge is 0.422 e. The van der Waals surface area contributed by atoms with Crippen molar-refractivity contribution in [2.75, 3.05) is 6.61 Å². The Morgan fingerprint density at radius 3 is 2.46 bits per heavy atom. The highest BCUT2D eigenvalue weighted by Gasteiger charge is 2.36. The molecule has 0 saturated heterocycles. The minimum Gasteiger partial charge on any atom is -0.467 e. The molecule has 2 aromatic heterocycles. The van der Waals surface area contributed by atoms with Crippen LogP contribution in [-0.4, -0.2) is 52.2 Å². The number of Topliss-reactive ketones (excluding diaryl/α,β-unsaturated/α-hetero) is 1. The molecule has 0 aliphatic heterocycles. The number of carbonyl (C=O) groups excluding carboxylic acids is 1. The van der Waals surface area contributed by atoms with Crippen LogP contribution in [0.25, 0.3) is 11.3 Å². The predicted octanol–water partition coefficient (Wildman–Crippen LogP) is 3.31. The van der Waals surface area contributed by atoms with Crippen LogP contribution in [-0.2, 0) is 33.2 Å². The summed E-state index contributed by atoms with van der Waals surface area (Å²) in [5, 5.41) is -0.305. The molecule has 1 saturated carbocycles. The molecule has 1 aromatic carbocycles. The fourth-order valence-electron chi connectivity index (χ4n) is 3.33. The van der Waals surface area contributed by atoms with E-state index in [1.165, 1.54) is 12.4 Å². The van der Waals surface area contributed by atoms with Crippen LogP contribution >= 0.6 is 0 Å². The van der Waals surface area contributed by atoms with Crippen molar-refractivity contribution in [1.82, 2.24) is 19.9 Å². The topological polar surface area (TPSA) is 112 Å². The van der Waals surface area contributed by atoms with E-state index in [-0.39, 0.29) is 41.3 Å². The molecule has 35 heavy (non-hydrogen) atoms. The second kappa shape index (κ2) is 10.1. The number of alkyl halides is 3. The van der Waals surface area contributed by atoms with Gasteiger partial charge >= 0.3 is 6.18 Å². The Hall–Kier alpha value is -3.41. The van der Waals surface area contributed by atoms with Gasteiger partial charge in [-0.1, -0.05) is 24.3 Å². The second-order valence-corrected chi connectivity index (χ2v) is 10.5. The summed E-state index contributed by atoms with van der Waals surface area (Å²) in [5.41, 5.74) is 2.11. The zero-order valence-electron chi connectivity index (χ0n) is 18.4. The van der Waals surface area contributed by atoms with Crippen LogP contribution in [0.5, 0.6) is 5.88 Å². The molecule has 0 bridgehead atoms. The summed E-state index contributed by atoms with van der Waals surface area (Å²) in [6.45, 7) is -1.46. The molecule has 0 atom stereocenters. The molecule has 1 aliphatic rings. The Morgan fingerprint density at radius 2 is 1.77 bits per heavy atom. The number of aromatic nitrogens is 4. The molecule has 4 rings (SSSR count). The summed E-state index contributed by atoms with van der Waals surface area (Å²) < 4.78 is 65.9. The molecule has 3 aromatic rings. The van der Waals surface area contributed by atoms with Gasteiger partial charge in [-0.15, -0.1) is 0 Å². The first-order valence-corrected chi connectivity index (χ1v) is 12.4. The first kappa shape index (κ1) is 24.7. The SMILES string of the molecule is O=C(Cc1ccc(-c2cncc(OCC(F)(F)F)n2)cc1)Cc1ccnc(CS(=O)(=O)C2CC2)n1. The van der Waals surface area contributed by atoms with Crippen molar-refractivity contribution < 1.29 is 31.1 Å². The maximum absolute atomic E-state index is 12.5. The lowest BCUT2D eigenvalue weighted by Gasteiger charge is -2.09. The lowest BCUT2D eigenvalue weighted by Crippen LogP contribution is -2.19. The summed E-state index contributed by atoms with van der Waals surface area (Å²) in [5.74, 6) is -0.399. The first-order valence-electron chi connectivity index (χ1n) is 10.7. The number of ether oxygens (including phenoxy) is 1. The molecule has 184 valence electrons. The Kier molecular flexibility index (Phi) is 7.10. The number of hydrogen-bond acceptors (Lipinski definition) is 8. The molecule has 0 amide bonds. The van der Waals surface area contributed by atoms with Gasteiger partial charge in [-0.05, 0) is 24.5 Å². The molecule has 0 radical (unpaired) electrons. The van der Waals surface area contributed by atoms with Crippen LogP contribution in [0.4, 0.5) is 13.2 Å². The van der Waals surface area contributed by atoms with Crippen molar-refractivity contribution >= 4 is 15.6 Å². The second-order valence-electron chi connectivity index (χ2n) is 8.21. The maximum Gasteiger partial charge on any atom is 0.422 e. The third-order valence-electron chi connectivity index (χ3n) is 5.15. The fraction of sp³-hybridized carbons (Fsp3) is 0.348. The maximum atomic E-state index is 12.5. The van der Waals surface area contributed by atoms with Gasteiger partial charge in [0.2, 0.25) is 5.88 Å². The normalized spacial score (nSPS) is 14.0. The van der Waals surface area contributed by atoms with Crippen molar-refractivity contribution in [3.8, 4) is 17.1 Å². The Morgan fingerprint density at radius 1 is 1.03 bits per heavy atom. The molecule has 8 nitrogen and oxygen atoms in total. The monoisotopic (exact) mass is 506 g/mol. The van der Waals surface area contributed by atoms with E-state index in [4.69, 9.17) is 0 Å². The van der Waals surface area contributed by atoms with E-state index in [2.05, 4.69) is 24.7 Å². The van der Waals surface area contributed by atoms with Gasteiger partial charge in [-0.25, -0.2) is 23.4 Å². The molecule has 1 aliphatic carbocycles. The predicted molar refractivity (Wildman–Crippen MR) is 119 cm³/mol. The highest BCUT2D eigenvalue weighted by Crippen LogP contribution is 2.30. The van der Waals surface area contributed by atoms with E-state index in [1.54, 1.807) is 30.3 Å². The number of halogens is 3. The quantitative estimate of drug-likeness (QED) is 0.412. The van der Waals surface area contributed by atoms with Gasteiger partial charge in [0, 0.05) is 24.6 Å². The number of benzene rings is 1. The average molecular weight is 507 g/mol. The Balaban J connectivity index is 1.35. The number of nitrogens with zero attached hydrogens (tertiary/aromatic N) is 4. The minimum absolute atomic E-state index is 0.0326. The molecular weight excluding hydrogens is 485 g/mol. The van der Waals surface area contributed by atoms with Crippen molar-refractivity contribution in [1.29, 1.82) is 0 Å². The summed E-state index contributed by atoms with van der Waals surface area (Å²) >= 11 is 0. The van der Waals surface area contributed by atoms with Crippen LogP contribution < -0.4 is 4.74 Å². The zero-order chi connectivity index (χ0) is 25.1. The molecule has 0 N–H and O–H groups in total. The van der Waals surface area contributed by atoms with E-state index < -0.39 is 22.6 Å². The first-order chi connectivity index (χ1) is 16.6. The van der Waals surface area contributed by atoms with Crippen molar-refractivity contribution in [2.45, 2.75) is 42.9 Å². The molecule has 0 spiro atoms. The van der Waals surface area contributed by atoms with Gasteiger partial charge in [0.1, 0.15) is 17.4 Å². The van der Waals surface area contributed by atoms with Crippen LogP contribution in [0, 0.1) is 0 Å².